The van der Waals surface area contributed by atoms with E-state index in [1.165, 1.54) is 4.90 Å². The van der Waals surface area contributed by atoms with Gasteiger partial charge in [0.2, 0.25) is 5.91 Å². The number of hydrogen-bond donors (Lipinski definition) is 1. The molecule has 0 aliphatic rings. The van der Waals surface area contributed by atoms with Gasteiger partial charge in [-0.15, -0.1) is 0 Å². The van der Waals surface area contributed by atoms with Gasteiger partial charge in [-0.1, -0.05) is 42.5 Å². The second-order valence-corrected chi connectivity index (χ2v) is 6.80. The first-order valence-electron chi connectivity index (χ1n) is 9.64. The molecule has 0 aliphatic carbocycles. The van der Waals surface area contributed by atoms with Gasteiger partial charge >= 0.3 is 0 Å². The summed E-state index contributed by atoms with van der Waals surface area (Å²) in [7, 11) is 0. The molecule has 0 bridgehead atoms. The van der Waals surface area contributed by atoms with Gasteiger partial charge < -0.3 is 10.2 Å². The van der Waals surface area contributed by atoms with Crippen LogP contribution in [-0.4, -0.2) is 18.4 Å². The van der Waals surface area contributed by atoms with Crippen LogP contribution < -0.4 is 10.2 Å². The average Bonchev–Trinajstić information content (AvgIpc) is 2.73. The van der Waals surface area contributed by atoms with Crippen LogP contribution in [0.3, 0.4) is 0 Å². The highest BCUT2D eigenvalue weighted by Crippen LogP contribution is 2.23. The first kappa shape index (κ1) is 21.2. The summed E-state index contributed by atoms with van der Waals surface area (Å²) in [6, 6.07) is 19.2. The van der Waals surface area contributed by atoms with E-state index in [0.717, 1.165) is 23.3 Å². The summed E-state index contributed by atoms with van der Waals surface area (Å²) in [4.78, 5) is 26.6. The molecular weight excluding hydrogens is 386 g/mol. The number of likely N-dealkylation sites (N-methyl/N-ethyl adjacent to an activating group) is 1. The zero-order chi connectivity index (χ0) is 21.5. The third-order valence-electron chi connectivity index (χ3n) is 4.55. The normalized spacial score (nSPS) is 10.5. The number of anilines is 1. The first-order chi connectivity index (χ1) is 14.5. The van der Waals surface area contributed by atoms with Crippen LogP contribution in [0, 0.1) is 11.6 Å². The van der Waals surface area contributed by atoms with E-state index in [2.05, 4.69) is 5.32 Å². The molecule has 0 aromatic heterocycles. The van der Waals surface area contributed by atoms with Crippen molar-refractivity contribution in [3.8, 4) is 0 Å². The SMILES string of the molecule is CCNC(=O)Cc1cccc(N(Cc2ccccc2)C(=O)c2ccc(F)cc2F)c1. The lowest BCUT2D eigenvalue weighted by Crippen LogP contribution is -2.31. The van der Waals surface area contributed by atoms with Crippen molar-refractivity contribution in [2.45, 2.75) is 19.9 Å². The van der Waals surface area contributed by atoms with Gasteiger partial charge in [0, 0.05) is 18.3 Å². The van der Waals surface area contributed by atoms with Crippen molar-refractivity contribution < 1.29 is 18.4 Å². The number of nitrogens with zero attached hydrogens (tertiary/aromatic N) is 1. The van der Waals surface area contributed by atoms with Crippen molar-refractivity contribution in [1.82, 2.24) is 5.32 Å². The van der Waals surface area contributed by atoms with Crippen LogP contribution in [0.1, 0.15) is 28.4 Å². The lowest BCUT2D eigenvalue weighted by Gasteiger charge is -2.24. The van der Waals surface area contributed by atoms with Crippen molar-refractivity contribution in [3.05, 3.63) is 101 Å². The van der Waals surface area contributed by atoms with E-state index in [0.29, 0.717) is 18.3 Å². The van der Waals surface area contributed by atoms with Crippen LogP contribution in [0.15, 0.2) is 72.8 Å². The molecule has 0 atom stereocenters. The van der Waals surface area contributed by atoms with Gasteiger partial charge in [-0.2, -0.15) is 0 Å². The Morgan fingerprint density at radius 1 is 0.900 bits per heavy atom. The predicted octanol–water partition coefficient (Wildman–Crippen LogP) is 4.49. The molecular formula is C24H22F2N2O2. The van der Waals surface area contributed by atoms with Gasteiger partial charge in [0.15, 0.2) is 0 Å². The van der Waals surface area contributed by atoms with Gasteiger partial charge in [-0.25, -0.2) is 8.78 Å². The first-order valence-corrected chi connectivity index (χ1v) is 9.64. The van der Waals surface area contributed by atoms with Gasteiger partial charge in [-0.3, -0.25) is 9.59 Å². The molecule has 3 aromatic rings. The molecule has 0 fully saturated rings. The predicted molar refractivity (Wildman–Crippen MR) is 112 cm³/mol. The van der Waals surface area contributed by atoms with Gasteiger partial charge in [-0.05, 0) is 42.3 Å². The fourth-order valence-corrected chi connectivity index (χ4v) is 3.13. The Labute approximate surface area is 174 Å². The minimum absolute atomic E-state index is 0.125. The van der Waals surface area contributed by atoms with Crippen molar-refractivity contribution in [2.75, 3.05) is 11.4 Å². The maximum atomic E-state index is 14.3. The fourth-order valence-electron chi connectivity index (χ4n) is 3.13. The molecule has 0 aliphatic heterocycles. The molecule has 0 unspecified atom stereocenters. The van der Waals surface area contributed by atoms with Crippen molar-refractivity contribution in [3.63, 3.8) is 0 Å². The zero-order valence-electron chi connectivity index (χ0n) is 16.6. The number of carbonyl (C=O) groups excluding carboxylic acids is 2. The maximum absolute atomic E-state index is 14.3. The van der Waals surface area contributed by atoms with Gasteiger partial charge in [0.05, 0.1) is 18.5 Å². The van der Waals surface area contributed by atoms with E-state index in [1.807, 2.05) is 37.3 Å². The van der Waals surface area contributed by atoms with Gasteiger partial charge in [0.1, 0.15) is 11.6 Å². The molecule has 30 heavy (non-hydrogen) atoms. The summed E-state index contributed by atoms with van der Waals surface area (Å²) in [5, 5.41) is 2.74. The number of carbonyl (C=O) groups is 2. The molecule has 3 aromatic carbocycles. The Balaban J connectivity index is 1.97. The molecule has 6 heteroatoms. The number of benzene rings is 3. The number of rotatable bonds is 7. The smallest absolute Gasteiger partial charge is 0.261 e. The Kier molecular flexibility index (Phi) is 6.91. The molecule has 0 saturated carbocycles. The molecule has 0 heterocycles. The Morgan fingerprint density at radius 3 is 2.33 bits per heavy atom. The molecule has 1 N–H and O–H groups in total. The zero-order valence-corrected chi connectivity index (χ0v) is 16.6. The van der Waals surface area contributed by atoms with Crippen molar-refractivity contribution in [2.24, 2.45) is 0 Å². The molecule has 3 rings (SSSR count). The molecule has 0 spiro atoms. The Morgan fingerprint density at radius 2 is 1.63 bits per heavy atom. The average molecular weight is 408 g/mol. The standard InChI is InChI=1S/C24H22F2N2O2/c1-2-27-23(29)14-18-9-6-10-20(13-18)28(16-17-7-4-3-5-8-17)24(30)21-12-11-19(25)15-22(21)26/h3-13,15H,2,14,16H2,1H3,(H,27,29). The quantitative estimate of drug-likeness (QED) is 0.626. The van der Waals surface area contributed by atoms with E-state index >= 15 is 0 Å². The van der Waals surface area contributed by atoms with Crippen LogP contribution in [0.2, 0.25) is 0 Å². The van der Waals surface area contributed by atoms with Crippen molar-refractivity contribution >= 4 is 17.5 Å². The summed E-state index contributed by atoms with van der Waals surface area (Å²) < 4.78 is 27.6. The summed E-state index contributed by atoms with van der Waals surface area (Å²) in [5.41, 5.74) is 1.88. The Bertz CT molecular complexity index is 1040. The molecule has 2 amide bonds. The fraction of sp³-hybridized carbons (Fsp3) is 0.167. The maximum Gasteiger partial charge on any atom is 0.261 e. The lowest BCUT2D eigenvalue weighted by atomic mass is 10.1. The molecule has 4 nitrogen and oxygen atoms in total. The van der Waals surface area contributed by atoms with Crippen LogP contribution in [-0.2, 0) is 17.8 Å². The Hall–Kier alpha value is -3.54. The van der Waals surface area contributed by atoms with E-state index in [-0.39, 0.29) is 24.4 Å². The summed E-state index contributed by atoms with van der Waals surface area (Å²) in [6.07, 6.45) is 0.167. The van der Waals surface area contributed by atoms with Crippen molar-refractivity contribution in [1.29, 1.82) is 0 Å². The number of halogens is 2. The lowest BCUT2D eigenvalue weighted by molar-refractivity contribution is -0.120. The van der Waals surface area contributed by atoms with E-state index in [1.54, 1.807) is 24.3 Å². The monoisotopic (exact) mass is 408 g/mol. The molecule has 0 radical (unpaired) electrons. The summed E-state index contributed by atoms with van der Waals surface area (Å²) >= 11 is 0. The minimum Gasteiger partial charge on any atom is -0.356 e. The number of hydrogen-bond acceptors (Lipinski definition) is 2. The topological polar surface area (TPSA) is 49.4 Å². The number of nitrogens with one attached hydrogen (secondary N) is 1. The molecule has 154 valence electrons. The third-order valence-corrected chi connectivity index (χ3v) is 4.55. The van der Waals surface area contributed by atoms with E-state index < -0.39 is 17.5 Å². The largest absolute Gasteiger partial charge is 0.356 e. The van der Waals surface area contributed by atoms with E-state index in [4.69, 9.17) is 0 Å². The minimum atomic E-state index is -0.920. The van der Waals surface area contributed by atoms with Crippen LogP contribution in [0.4, 0.5) is 14.5 Å². The van der Waals surface area contributed by atoms with Crippen LogP contribution in [0.25, 0.3) is 0 Å². The van der Waals surface area contributed by atoms with Gasteiger partial charge in [0.25, 0.3) is 5.91 Å². The van der Waals surface area contributed by atoms with Crippen LogP contribution >= 0.6 is 0 Å². The highest BCUT2D eigenvalue weighted by Gasteiger charge is 2.22. The third kappa shape index (κ3) is 5.29. The summed E-state index contributed by atoms with van der Waals surface area (Å²) in [6.45, 7) is 2.56. The summed E-state index contributed by atoms with van der Waals surface area (Å²) in [5.74, 6) is -2.38. The second kappa shape index (κ2) is 9.78. The highest BCUT2D eigenvalue weighted by atomic mass is 19.1. The highest BCUT2D eigenvalue weighted by molar-refractivity contribution is 6.06. The van der Waals surface area contributed by atoms with E-state index in [9.17, 15) is 18.4 Å². The second-order valence-electron chi connectivity index (χ2n) is 6.80. The molecule has 0 saturated heterocycles. The van der Waals surface area contributed by atoms with Crippen LogP contribution in [0.5, 0.6) is 0 Å². The number of amides is 2.